The number of hydrogen-bond donors (Lipinski definition) is 0. The van der Waals surface area contributed by atoms with Gasteiger partial charge in [-0.15, -0.1) is 0 Å². The minimum atomic E-state index is -2.12. The summed E-state index contributed by atoms with van der Waals surface area (Å²) in [6.07, 6.45) is -0.978. The fourth-order valence-corrected chi connectivity index (χ4v) is 5.68. The van der Waals surface area contributed by atoms with Gasteiger partial charge < -0.3 is 9.47 Å². The van der Waals surface area contributed by atoms with Gasteiger partial charge in [-0.2, -0.15) is 0 Å². The maximum absolute atomic E-state index is 13.9. The van der Waals surface area contributed by atoms with Crippen molar-refractivity contribution >= 4 is 35.0 Å². The largest absolute Gasteiger partial charge is 0.462 e. The molecule has 0 radical (unpaired) electrons. The second kappa shape index (κ2) is 8.31. The lowest BCUT2D eigenvalue weighted by Gasteiger charge is -2.27. The molecule has 0 N–H and O–H groups in total. The van der Waals surface area contributed by atoms with Crippen LogP contribution in [-0.4, -0.2) is 41.6 Å². The zero-order chi connectivity index (χ0) is 25.9. The molecule has 3 aromatic carbocycles. The molecule has 3 atom stereocenters. The summed E-state index contributed by atoms with van der Waals surface area (Å²) in [4.78, 5) is 68.3. The van der Waals surface area contributed by atoms with Crippen LogP contribution < -0.4 is 4.90 Å². The highest BCUT2D eigenvalue weighted by molar-refractivity contribution is 6.37. The van der Waals surface area contributed by atoms with E-state index in [2.05, 4.69) is 0 Å². The molecule has 3 aliphatic rings. The Hall–Kier alpha value is -4.43. The van der Waals surface area contributed by atoms with Crippen molar-refractivity contribution in [1.82, 2.24) is 0 Å². The van der Waals surface area contributed by atoms with Crippen LogP contribution in [0.4, 0.5) is 5.69 Å². The molecule has 0 aromatic heterocycles. The van der Waals surface area contributed by atoms with Crippen LogP contribution in [0.15, 0.2) is 78.9 Å². The monoisotopic (exact) mass is 495 g/mol. The van der Waals surface area contributed by atoms with Crippen LogP contribution in [0.1, 0.15) is 49.7 Å². The van der Waals surface area contributed by atoms with Crippen LogP contribution in [0.3, 0.4) is 0 Å². The van der Waals surface area contributed by atoms with E-state index < -0.39 is 52.9 Å². The third kappa shape index (κ3) is 3.09. The molecule has 6 rings (SSSR count). The molecule has 0 unspecified atom stereocenters. The van der Waals surface area contributed by atoms with E-state index in [1.165, 1.54) is 36.4 Å². The average molecular weight is 495 g/mol. The van der Waals surface area contributed by atoms with Gasteiger partial charge in [0.2, 0.25) is 29.0 Å². The van der Waals surface area contributed by atoms with Crippen molar-refractivity contribution in [1.29, 1.82) is 0 Å². The number of Topliss-reactive ketones (excluding diaryl/α,β-unsaturated/α-hetero) is 2. The first-order valence-corrected chi connectivity index (χ1v) is 12.0. The quantitative estimate of drug-likeness (QED) is 0.309. The third-order valence-corrected chi connectivity index (χ3v) is 7.28. The second-order valence-electron chi connectivity index (χ2n) is 9.17. The Balaban J connectivity index is 1.46. The maximum Gasteiger partial charge on any atom is 0.338 e. The van der Waals surface area contributed by atoms with Gasteiger partial charge in [0, 0.05) is 11.1 Å². The number of fused-ring (bicyclic) bond motifs is 3. The molecule has 0 saturated carbocycles. The number of ether oxygens (including phenoxy) is 2. The number of carbonyl (C=O) groups excluding carboxylic acids is 5. The zero-order valence-corrected chi connectivity index (χ0v) is 19.7. The van der Waals surface area contributed by atoms with E-state index in [-0.39, 0.29) is 29.0 Å². The van der Waals surface area contributed by atoms with Crippen molar-refractivity contribution in [2.75, 3.05) is 11.5 Å². The summed E-state index contributed by atoms with van der Waals surface area (Å²) in [6.45, 7) is 1.90. The molecular formula is C29H21NO7. The molecule has 37 heavy (non-hydrogen) atoms. The Labute approximate surface area is 211 Å². The fourth-order valence-electron chi connectivity index (χ4n) is 5.68. The van der Waals surface area contributed by atoms with Gasteiger partial charge in [-0.05, 0) is 36.8 Å². The highest BCUT2D eigenvalue weighted by Gasteiger charge is 2.74. The molecule has 3 aromatic rings. The van der Waals surface area contributed by atoms with E-state index in [0.29, 0.717) is 5.56 Å². The van der Waals surface area contributed by atoms with Gasteiger partial charge in [-0.1, -0.05) is 54.6 Å². The highest BCUT2D eigenvalue weighted by atomic mass is 16.5. The smallest absolute Gasteiger partial charge is 0.338 e. The van der Waals surface area contributed by atoms with Crippen LogP contribution in [0, 0.1) is 11.8 Å². The summed E-state index contributed by atoms with van der Waals surface area (Å²) in [7, 11) is 0. The van der Waals surface area contributed by atoms with Gasteiger partial charge in [0.15, 0.2) is 0 Å². The van der Waals surface area contributed by atoms with Crippen LogP contribution >= 0.6 is 0 Å². The standard InChI is InChI=1S/C29H21NO7/c1-2-36-28(35)17-12-14-18(15-13-17)30-26(33)21-22(27(30)34)29(37-23(21)16-8-4-3-5-9-16)24(31)19-10-6-7-11-20(19)25(29)32/h3-15,21-23H,2H2,1H3/t21-,22+,23-/m1/s1. The summed E-state index contributed by atoms with van der Waals surface area (Å²) in [5.41, 5.74) is -0.680. The number of imide groups is 1. The number of ketones is 2. The van der Waals surface area contributed by atoms with Gasteiger partial charge in [0.1, 0.15) is 0 Å². The van der Waals surface area contributed by atoms with Crippen molar-refractivity contribution in [3.8, 4) is 0 Å². The Bertz CT molecular complexity index is 1440. The van der Waals surface area contributed by atoms with Gasteiger partial charge >= 0.3 is 5.97 Å². The van der Waals surface area contributed by atoms with E-state index >= 15 is 0 Å². The Kier molecular flexibility index (Phi) is 5.17. The maximum atomic E-state index is 13.9. The van der Waals surface area contributed by atoms with Crippen LogP contribution in [0.25, 0.3) is 0 Å². The van der Waals surface area contributed by atoms with E-state index in [1.54, 1.807) is 49.4 Å². The first kappa shape index (κ1) is 23.0. The third-order valence-electron chi connectivity index (χ3n) is 7.28. The molecule has 8 heteroatoms. The highest BCUT2D eigenvalue weighted by Crippen LogP contribution is 2.57. The molecule has 8 nitrogen and oxygen atoms in total. The summed E-state index contributed by atoms with van der Waals surface area (Å²) in [5.74, 6) is -5.41. The van der Waals surface area contributed by atoms with E-state index in [1.807, 2.05) is 0 Å². The van der Waals surface area contributed by atoms with Crippen LogP contribution in [0.2, 0.25) is 0 Å². The van der Waals surface area contributed by atoms with Crippen LogP contribution in [0.5, 0.6) is 0 Å². The second-order valence-corrected chi connectivity index (χ2v) is 9.17. The summed E-state index contributed by atoms with van der Waals surface area (Å²) >= 11 is 0. The number of carbonyl (C=O) groups is 5. The lowest BCUT2D eigenvalue weighted by molar-refractivity contribution is -0.127. The number of amides is 2. The predicted molar refractivity (Wildman–Crippen MR) is 130 cm³/mol. The number of benzene rings is 3. The Morgan fingerprint density at radius 3 is 2.03 bits per heavy atom. The molecule has 2 fully saturated rings. The first-order chi connectivity index (χ1) is 17.9. The molecule has 2 saturated heterocycles. The molecule has 2 amide bonds. The normalized spacial score (nSPS) is 23.5. The Morgan fingerprint density at radius 2 is 1.43 bits per heavy atom. The SMILES string of the molecule is CCOC(=O)c1ccc(N2C(=O)[C@H]3[C@@H](c4ccccc4)OC4(C(=O)c5ccccc5C4=O)[C@@H]3C2=O)cc1. The number of rotatable bonds is 4. The van der Waals surface area contributed by atoms with Crippen molar-refractivity contribution in [2.24, 2.45) is 11.8 Å². The van der Waals surface area contributed by atoms with Crippen molar-refractivity contribution < 1.29 is 33.4 Å². The van der Waals surface area contributed by atoms with Gasteiger partial charge in [-0.25, -0.2) is 9.69 Å². The van der Waals surface area contributed by atoms with E-state index in [4.69, 9.17) is 9.47 Å². The topological polar surface area (TPSA) is 107 Å². The number of nitrogens with zero attached hydrogens (tertiary/aromatic N) is 1. The first-order valence-electron chi connectivity index (χ1n) is 12.0. The van der Waals surface area contributed by atoms with Crippen LogP contribution in [-0.2, 0) is 19.1 Å². The lowest BCUT2D eigenvalue weighted by Crippen LogP contribution is -2.51. The minimum absolute atomic E-state index is 0.178. The fraction of sp³-hybridized carbons (Fsp3) is 0.207. The lowest BCUT2D eigenvalue weighted by atomic mass is 9.77. The minimum Gasteiger partial charge on any atom is -0.462 e. The summed E-state index contributed by atoms with van der Waals surface area (Å²) in [5, 5.41) is 0. The van der Waals surface area contributed by atoms with Crippen molar-refractivity contribution in [2.45, 2.75) is 18.6 Å². The predicted octanol–water partition coefficient (Wildman–Crippen LogP) is 3.56. The zero-order valence-electron chi connectivity index (χ0n) is 19.7. The molecule has 2 heterocycles. The summed E-state index contributed by atoms with van der Waals surface area (Å²) in [6, 6.07) is 21.0. The molecular weight excluding hydrogens is 474 g/mol. The number of anilines is 1. The van der Waals surface area contributed by atoms with Crippen molar-refractivity contribution in [3.63, 3.8) is 0 Å². The Morgan fingerprint density at radius 1 is 0.838 bits per heavy atom. The molecule has 2 aliphatic heterocycles. The molecule has 1 spiro atoms. The van der Waals surface area contributed by atoms with Gasteiger partial charge in [0.25, 0.3) is 0 Å². The van der Waals surface area contributed by atoms with Crippen molar-refractivity contribution in [3.05, 3.63) is 101 Å². The van der Waals surface area contributed by atoms with E-state index in [0.717, 1.165) is 4.90 Å². The van der Waals surface area contributed by atoms with Gasteiger partial charge in [0.05, 0.1) is 35.8 Å². The van der Waals surface area contributed by atoms with Gasteiger partial charge in [-0.3, -0.25) is 19.2 Å². The summed E-state index contributed by atoms with van der Waals surface area (Å²) < 4.78 is 11.2. The molecule has 184 valence electrons. The van der Waals surface area contributed by atoms with E-state index in [9.17, 15) is 24.0 Å². The molecule has 1 aliphatic carbocycles. The number of esters is 1. The average Bonchev–Trinajstić information content (AvgIpc) is 3.49. The molecule has 0 bridgehead atoms. The number of hydrogen-bond acceptors (Lipinski definition) is 7.